The summed E-state index contributed by atoms with van der Waals surface area (Å²) in [6.45, 7) is 3.27. The fraction of sp³-hybridized carbons (Fsp3) is 0.125. The van der Waals surface area contributed by atoms with Gasteiger partial charge in [-0.2, -0.15) is 21.6 Å². The molecule has 6 nitrogen and oxygen atoms in total. The van der Waals surface area contributed by atoms with Crippen molar-refractivity contribution in [2.75, 3.05) is 0 Å². The monoisotopic (exact) mass is 387 g/mol. The summed E-state index contributed by atoms with van der Waals surface area (Å²) >= 11 is 0. The van der Waals surface area contributed by atoms with E-state index in [1.807, 2.05) is 0 Å². The smallest absolute Gasteiger partial charge is 0.423 e. The van der Waals surface area contributed by atoms with E-state index < -0.39 is 33.8 Å². The maximum absolute atomic E-state index is 12.3. The molecule has 0 heterocycles. The van der Waals surface area contributed by atoms with E-state index in [4.69, 9.17) is 4.74 Å². The van der Waals surface area contributed by atoms with Gasteiger partial charge in [-0.3, -0.25) is 4.79 Å². The zero-order chi connectivity index (χ0) is 19.5. The fourth-order valence-electron chi connectivity index (χ4n) is 2.14. The van der Waals surface area contributed by atoms with E-state index in [0.717, 1.165) is 10.8 Å². The highest BCUT2D eigenvalue weighted by Gasteiger charge is 2.46. The van der Waals surface area contributed by atoms with Crippen LogP contribution >= 0.6 is 0 Å². The van der Waals surface area contributed by atoms with Gasteiger partial charge in [0.05, 0.1) is 6.42 Å². The van der Waals surface area contributed by atoms with Gasteiger partial charge in [0.1, 0.15) is 5.75 Å². The summed E-state index contributed by atoms with van der Waals surface area (Å²) in [5, 5.41) is 0.841. The lowest BCUT2D eigenvalue weighted by Crippen LogP contribution is -2.40. The molecule has 0 atom stereocenters. The number of hydrogen-bond acceptors (Lipinski definition) is 5. The van der Waals surface area contributed by atoms with Crippen molar-refractivity contribution in [3.63, 3.8) is 0 Å². The van der Waals surface area contributed by atoms with Crippen LogP contribution in [0.1, 0.15) is 5.56 Å². The van der Waals surface area contributed by atoms with Crippen molar-refractivity contribution in [2.24, 2.45) is 0 Å². The number of rotatable bonds is 5. The van der Waals surface area contributed by atoms with Crippen molar-refractivity contribution >= 4 is 32.7 Å². The molecule has 26 heavy (non-hydrogen) atoms. The SMILES string of the molecule is C=CC(=O)Oc1ccc(CC(=O)NS(=O)(=O)C(F)(F)F)c2ccccc12. The van der Waals surface area contributed by atoms with Gasteiger partial charge in [0.2, 0.25) is 5.91 Å². The molecule has 138 valence electrons. The molecular weight excluding hydrogens is 375 g/mol. The Bertz CT molecular complexity index is 983. The molecule has 0 aliphatic carbocycles. The van der Waals surface area contributed by atoms with E-state index in [-0.39, 0.29) is 11.3 Å². The molecule has 0 bridgehead atoms. The normalized spacial score (nSPS) is 11.8. The Morgan fingerprint density at radius 3 is 2.31 bits per heavy atom. The minimum Gasteiger partial charge on any atom is -0.423 e. The highest BCUT2D eigenvalue weighted by molar-refractivity contribution is 7.90. The third-order valence-electron chi connectivity index (χ3n) is 3.26. The fourth-order valence-corrected chi connectivity index (χ4v) is 2.63. The molecule has 1 N–H and O–H groups in total. The average molecular weight is 387 g/mol. The highest BCUT2D eigenvalue weighted by atomic mass is 32.2. The van der Waals surface area contributed by atoms with Gasteiger partial charge in [-0.05, 0) is 17.0 Å². The molecular formula is C16H12F3NO5S. The van der Waals surface area contributed by atoms with Crippen molar-refractivity contribution in [1.29, 1.82) is 0 Å². The zero-order valence-electron chi connectivity index (χ0n) is 13.0. The highest BCUT2D eigenvalue weighted by Crippen LogP contribution is 2.29. The molecule has 0 aliphatic rings. The van der Waals surface area contributed by atoms with Gasteiger partial charge >= 0.3 is 21.5 Å². The number of benzene rings is 2. The Morgan fingerprint density at radius 1 is 1.12 bits per heavy atom. The number of fused-ring (bicyclic) bond motifs is 1. The second kappa shape index (κ2) is 7.16. The van der Waals surface area contributed by atoms with Gasteiger partial charge in [0, 0.05) is 11.5 Å². The maximum atomic E-state index is 12.3. The summed E-state index contributed by atoms with van der Waals surface area (Å²) < 4.78 is 65.0. The number of halogens is 3. The molecule has 0 aromatic heterocycles. The van der Waals surface area contributed by atoms with Crippen LogP contribution in [-0.4, -0.2) is 25.8 Å². The molecule has 10 heteroatoms. The van der Waals surface area contributed by atoms with Crippen LogP contribution in [0.4, 0.5) is 13.2 Å². The minimum absolute atomic E-state index is 0.164. The van der Waals surface area contributed by atoms with Crippen LogP contribution in [0, 0.1) is 0 Å². The molecule has 2 aromatic carbocycles. The third-order valence-corrected chi connectivity index (χ3v) is 4.36. The van der Waals surface area contributed by atoms with Crippen molar-refractivity contribution in [1.82, 2.24) is 4.72 Å². The Balaban J connectivity index is 2.34. The summed E-state index contributed by atoms with van der Waals surface area (Å²) in [7, 11) is -5.78. The lowest BCUT2D eigenvalue weighted by Gasteiger charge is -2.12. The number of nitrogens with one attached hydrogen (secondary N) is 1. The van der Waals surface area contributed by atoms with Crippen LogP contribution in [-0.2, 0) is 26.0 Å². The molecule has 0 saturated heterocycles. The van der Waals surface area contributed by atoms with E-state index in [0.29, 0.717) is 10.8 Å². The maximum Gasteiger partial charge on any atom is 0.516 e. The summed E-state index contributed by atoms with van der Waals surface area (Å²) in [5.41, 5.74) is -5.33. The first-order chi connectivity index (χ1) is 12.0. The van der Waals surface area contributed by atoms with Gasteiger partial charge in [0.15, 0.2) is 0 Å². The van der Waals surface area contributed by atoms with Gasteiger partial charge in [-0.1, -0.05) is 36.9 Å². The number of amides is 1. The first-order valence-electron chi connectivity index (χ1n) is 7.02. The first kappa shape index (κ1) is 19.4. The molecule has 0 saturated carbocycles. The van der Waals surface area contributed by atoms with Gasteiger partial charge < -0.3 is 4.74 Å². The molecule has 2 rings (SSSR count). The predicted octanol–water partition coefficient (Wildman–Crippen LogP) is 2.44. The minimum atomic E-state index is -5.78. The molecule has 2 aromatic rings. The number of carbonyl (C=O) groups is 2. The molecule has 0 fully saturated rings. The average Bonchev–Trinajstić information content (AvgIpc) is 2.55. The zero-order valence-corrected chi connectivity index (χ0v) is 13.9. The Morgan fingerprint density at radius 2 is 1.73 bits per heavy atom. The number of carbonyl (C=O) groups excluding carboxylic acids is 2. The summed E-state index contributed by atoms with van der Waals surface area (Å²) in [5.74, 6) is -1.89. The van der Waals surface area contributed by atoms with Crippen molar-refractivity contribution in [2.45, 2.75) is 11.9 Å². The Kier molecular flexibility index (Phi) is 5.36. The summed E-state index contributed by atoms with van der Waals surface area (Å²) in [6, 6.07) is 9.08. The topological polar surface area (TPSA) is 89.5 Å². The predicted molar refractivity (Wildman–Crippen MR) is 86.6 cm³/mol. The van der Waals surface area contributed by atoms with E-state index in [1.165, 1.54) is 12.1 Å². The van der Waals surface area contributed by atoms with E-state index in [2.05, 4.69) is 6.58 Å². The molecule has 1 amide bonds. The van der Waals surface area contributed by atoms with Crippen molar-refractivity contribution in [3.05, 3.63) is 54.6 Å². The van der Waals surface area contributed by atoms with Crippen LogP contribution in [0.25, 0.3) is 10.8 Å². The molecule has 0 radical (unpaired) electrons. The van der Waals surface area contributed by atoms with E-state index in [9.17, 15) is 31.2 Å². The van der Waals surface area contributed by atoms with E-state index >= 15 is 0 Å². The third kappa shape index (κ3) is 4.20. The van der Waals surface area contributed by atoms with Crippen LogP contribution in [0.15, 0.2) is 49.1 Å². The summed E-state index contributed by atoms with van der Waals surface area (Å²) in [6.07, 6.45) is 0.337. The number of alkyl halides is 3. The van der Waals surface area contributed by atoms with Crippen molar-refractivity contribution < 1.29 is 35.9 Å². The van der Waals surface area contributed by atoms with Crippen LogP contribution < -0.4 is 9.46 Å². The Hall–Kier alpha value is -2.88. The quantitative estimate of drug-likeness (QED) is 0.484. The van der Waals surface area contributed by atoms with Gasteiger partial charge in [-0.15, -0.1) is 0 Å². The Labute approximate surface area is 146 Å². The number of ether oxygens (including phenoxy) is 1. The van der Waals surface area contributed by atoms with Crippen LogP contribution in [0.5, 0.6) is 5.75 Å². The molecule has 0 unspecified atom stereocenters. The van der Waals surface area contributed by atoms with Crippen LogP contribution in [0.3, 0.4) is 0 Å². The molecule has 0 spiro atoms. The second-order valence-corrected chi connectivity index (χ2v) is 6.72. The second-order valence-electron chi connectivity index (χ2n) is 5.04. The lowest BCUT2D eigenvalue weighted by atomic mass is 10.0. The number of esters is 1. The van der Waals surface area contributed by atoms with Crippen LogP contribution in [0.2, 0.25) is 0 Å². The largest absolute Gasteiger partial charge is 0.516 e. The van der Waals surface area contributed by atoms with E-state index in [1.54, 1.807) is 24.3 Å². The van der Waals surface area contributed by atoms with Gasteiger partial charge in [-0.25, -0.2) is 9.52 Å². The lowest BCUT2D eigenvalue weighted by molar-refractivity contribution is -0.128. The number of sulfonamides is 1. The number of hydrogen-bond donors (Lipinski definition) is 1. The first-order valence-corrected chi connectivity index (χ1v) is 8.50. The van der Waals surface area contributed by atoms with Gasteiger partial charge in [0.25, 0.3) is 0 Å². The summed E-state index contributed by atoms with van der Waals surface area (Å²) in [4.78, 5) is 23.1. The van der Waals surface area contributed by atoms with Crippen molar-refractivity contribution in [3.8, 4) is 5.75 Å². The standard InChI is InChI=1S/C16H12F3NO5S/c1-2-15(22)25-13-8-7-10(11-5-3-4-6-12(11)13)9-14(21)20-26(23,24)16(17,18)19/h2-8H,1,9H2,(H,20,21). The molecule has 0 aliphatic heterocycles.